The quantitative estimate of drug-likeness (QED) is 0.798. The minimum Gasteiger partial charge on any atom is -0.482 e. The molecule has 2 rings (SSSR count). The zero-order chi connectivity index (χ0) is 16.5. The standard InChI is InChI=1S/C18H19NO4/c1-2-22-17(20)13-23-16-10-8-14(9-11-16)12-19-18(21)15-6-4-3-5-7-15/h3-11H,2,12-13H2,1H3,(H,19,21). The molecule has 120 valence electrons. The van der Waals surface area contributed by atoms with Crippen LogP contribution in [0.3, 0.4) is 0 Å². The third-order valence-corrected chi connectivity index (χ3v) is 3.07. The molecule has 0 heterocycles. The average Bonchev–Trinajstić information content (AvgIpc) is 2.60. The Balaban J connectivity index is 1.81. The lowest BCUT2D eigenvalue weighted by Crippen LogP contribution is -2.22. The van der Waals surface area contributed by atoms with Gasteiger partial charge in [-0.05, 0) is 36.8 Å². The van der Waals surface area contributed by atoms with Crippen molar-refractivity contribution in [1.29, 1.82) is 0 Å². The summed E-state index contributed by atoms with van der Waals surface area (Å²) in [6, 6.07) is 16.2. The molecule has 0 saturated carbocycles. The smallest absolute Gasteiger partial charge is 0.344 e. The lowest BCUT2D eigenvalue weighted by molar-refractivity contribution is -0.145. The molecule has 5 heteroatoms. The first kappa shape index (κ1) is 16.5. The topological polar surface area (TPSA) is 64.6 Å². The highest BCUT2D eigenvalue weighted by molar-refractivity contribution is 5.94. The summed E-state index contributed by atoms with van der Waals surface area (Å²) in [5.74, 6) is 0.0659. The summed E-state index contributed by atoms with van der Waals surface area (Å²) in [5, 5.41) is 2.85. The fourth-order valence-corrected chi connectivity index (χ4v) is 1.92. The van der Waals surface area contributed by atoms with Gasteiger partial charge in [0.25, 0.3) is 5.91 Å². The summed E-state index contributed by atoms with van der Waals surface area (Å²) in [4.78, 5) is 23.1. The van der Waals surface area contributed by atoms with Gasteiger partial charge in [0.05, 0.1) is 6.61 Å². The molecule has 0 atom stereocenters. The van der Waals surface area contributed by atoms with Gasteiger partial charge in [0, 0.05) is 12.1 Å². The van der Waals surface area contributed by atoms with Crippen LogP contribution in [-0.2, 0) is 16.1 Å². The van der Waals surface area contributed by atoms with Gasteiger partial charge < -0.3 is 14.8 Å². The number of hydrogen-bond donors (Lipinski definition) is 1. The van der Waals surface area contributed by atoms with Crippen molar-refractivity contribution in [2.45, 2.75) is 13.5 Å². The minimum absolute atomic E-state index is 0.113. The number of rotatable bonds is 7. The van der Waals surface area contributed by atoms with Crippen molar-refractivity contribution in [2.75, 3.05) is 13.2 Å². The Kier molecular flexibility index (Phi) is 6.17. The van der Waals surface area contributed by atoms with Crippen molar-refractivity contribution in [3.8, 4) is 5.75 Å². The van der Waals surface area contributed by atoms with E-state index < -0.39 is 5.97 Å². The number of hydrogen-bond acceptors (Lipinski definition) is 4. The molecule has 1 amide bonds. The Labute approximate surface area is 135 Å². The molecule has 23 heavy (non-hydrogen) atoms. The Morgan fingerprint density at radius 2 is 1.70 bits per heavy atom. The van der Waals surface area contributed by atoms with Crippen molar-refractivity contribution in [3.63, 3.8) is 0 Å². The van der Waals surface area contributed by atoms with Crippen LogP contribution in [0.5, 0.6) is 5.75 Å². The molecule has 0 saturated heterocycles. The highest BCUT2D eigenvalue weighted by atomic mass is 16.6. The van der Waals surface area contributed by atoms with Crippen molar-refractivity contribution in [3.05, 3.63) is 65.7 Å². The summed E-state index contributed by atoms with van der Waals surface area (Å²) in [6.07, 6.45) is 0. The van der Waals surface area contributed by atoms with Crippen molar-refractivity contribution in [2.24, 2.45) is 0 Å². The van der Waals surface area contributed by atoms with Crippen LogP contribution in [0.4, 0.5) is 0 Å². The molecule has 0 aliphatic carbocycles. The number of ether oxygens (including phenoxy) is 2. The molecule has 0 fully saturated rings. The van der Waals surface area contributed by atoms with Gasteiger partial charge in [-0.25, -0.2) is 4.79 Å². The summed E-state index contributed by atoms with van der Waals surface area (Å²) < 4.78 is 10.1. The molecule has 0 bridgehead atoms. The number of esters is 1. The van der Waals surface area contributed by atoms with Crippen LogP contribution in [0.1, 0.15) is 22.8 Å². The zero-order valence-corrected chi connectivity index (χ0v) is 13.0. The monoisotopic (exact) mass is 313 g/mol. The first-order chi connectivity index (χ1) is 11.2. The van der Waals surface area contributed by atoms with Crippen LogP contribution in [0.2, 0.25) is 0 Å². The van der Waals surface area contributed by atoms with E-state index in [4.69, 9.17) is 9.47 Å². The SMILES string of the molecule is CCOC(=O)COc1ccc(CNC(=O)c2ccccc2)cc1. The van der Waals surface area contributed by atoms with Crippen LogP contribution < -0.4 is 10.1 Å². The maximum absolute atomic E-state index is 11.9. The first-order valence-corrected chi connectivity index (χ1v) is 7.39. The van der Waals surface area contributed by atoms with Gasteiger partial charge in [0.15, 0.2) is 6.61 Å². The molecule has 5 nitrogen and oxygen atoms in total. The molecule has 2 aromatic carbocycles. The normalized spacial score (nSPS) is 9.96. The second-order valence-electron chi connectivity index (χ2n) is 4.79. The number of benzene rings is 2. The Bertz CT molecular complexity index is 638. The van der Waals surface area contributed by atoms with Crippen molar-refractivity contribution >= 4 is 11.9 Å². The van der Waals surface area contributed by atoms with Crippen molar-refractivity contribution in [1.82, 2.24) is 5.32 Å². The number of carbonyl (C=O) groups is 2. The molecule has 1 N–H and O–H groups in total. The van der Waals surface area contributed by atoms with Crippen LogP contribution >= 0.6 is 0 Å². The number of carbonyl (C=O) groups excluding carboxylic acids is 2. The highest BCUT2D eigenvalue weighted by Gasteiger charge is 2.05. The predicted octanol–water partition coefficient (Wildman–Crippen LogP) is 2.56. The zero-order valence-electron chi connectivity index (χ0n) is 13.0. The van der Waals surface area contributed by atoms with Crippen LogP contribution in [0.25, 0.3) is 0 Å². The van der Waals surface area contributed by atoms with E-state index in [-0.39, 0.29) is 12.5 Å². The van der Waals surface area contributed by atoms with Crippen LogP contribution in [0, 0.1) is 0 Å². The third-order valence-electron chi connectivity index (χ3n) is 3.07. The van der Waals surface area contributed by atoms with E-state index in [9.17, 15) is 9.59 Å². The molecule has 0 radical (unpaired) electrons. The van der Waals surface area contributed by atoms with Gasteiger partial charge in [-0.15, -0.1) is 0 Å². The Morgan fingerprint density at radius 1 is 1.00 bits per heavy atom. The van der Waals surface area contributed by atoms with Gasteiger partial charge in [-0.2, -0.15) is 0 Å². The lowest BCUT2D eigenvalue weighted by Gasteiger charge is -2.08. The second-order valence-corrected chi connectivity index (χ2v) is 4.79. The molecule has 0 unspecified atom stereocenters. The van der Waals surface area contributed by atoms with Gasteiger partial charge in [-0.1, -0.05) is 30.3 Å². The first-order valence-electron chi connectivity index (χ1n) is 7.39. The summed E-state index contributed by atoms with van der Waals surface area (Å²) >= 11 is 0. The van der Waals surface area contributed by atoms with E-state index in [0.717, 1.165) is 5.56 Å². The predicted molar refractivity (Wildman–Crippen MR) is 86.2 cm³/mol. The Morgan fingerprint density at radius 3 is 2.35 bits per heavy atom. The van der Waals surface area contributed by atoms with E-state index in [1.54, 1.807) is 31.2 Å². The maximum Gasteiger partial charge on any atom is 0.344 e. The lowest BCUT2D eigenvalue weighted by atomic mass is 10.2. The molecule has 2 aromatic rings. The van der Waals surface area contributed by atoms with Gasteiger partial charge in [-0.3, -0.25) is 4.79 Å². The second kappa shape index (κ2) is 8.58. The molecule has 0 spiro atoms. The number of amides is 1. The van der Waals surface area contributed by atoms with Crippen LogP contribution in [0.15, 0.2) is 54.6 Å². The summed E-state index contributed by atoms with van der Waals surface area (Å²) in [7, 11) is 0. The molecular formula is C18H19NO4. The Hall–Kier alpha value is -2.82. The van der Waals surface area contributed by atoms with E-state index in [0.29, 0.717) is 24.5 Å². The third kappa shape index (κ3) is 5.47. The van der Waals surface area contributed by atoms with Crippen LogP contribution in [-0.4, -0.2) is 25.1 Å². The van der Waals surface area contributed by atoms with E-state index in [1.165, 1.54) is 0 Å². The van der Waals surface area contributed by atoms with E-state index in [2.05, 4.69) is 5.32 Å². The van der Waals surface area contributed by atoms with E-state index >= 15 is 0 Å². The fraction of sp³-hybridized carbons (Fsp3) is 0.222. The van der Waals surface area contributed by atoms with Gasteiger partial charge in [0.2, 0.25) is 0 Å². The molecule has 0 aromatic heterocycles. The van der Waals surface area contributed by atoms with Crippen molar-refractivity contribution < 1.29 is 19.1 Å². The molecule has 0 aliphatic rings. The highest BCUT2D eigenvalue weighted by Crippen LogP contribution is 2.12. The fourth-order valence-electron chi connectivity index (χ4n) is 1.92. The molecule has 0 aliphatic heterocycles. The molecular weight excluding hydrogens is 294 g/mol. The minimum atomic E-state index is -0.397. The number of nitrogens with one attached hydrogen (secondary N) is 1. The largest absolute Gasteiger partial charge is 0.482 e. The maximum atomic E-state index is 11.9. The van der Waals surface area contributed by atoms with E-state index in [1.807, 2.05) is 30.3 Å². The summed E-state index contributed by atoms with van der Waals surface area (Å²) in [5.41, 5.74) is 1.57. The average molecular weight is 313 g/mol. The van der Waals surface area contributed by atoms with Gasteiger partial charge in [0.1, 0.15) is 5.75 Å². The summed E-state index contributed by atoms with van der Waals surface area (Å²) in [6.45, 7) is 2.39. The van der Waals surface area contributed by atoms with Gasteiger partial charge >= 0.3 is 5.97 Å².